The van der Waals surface area contributed by atoms with Crippen molar-refractivity contribution in [3.05, 3.63) is 60.2 Å². The molecule has 1 N–H and O–H groups in total. The van der Waals surface area contributed by atoms with Crippen LogP contribution in [0.2, 0.25) is 0 Å². The minimum atomic E-state index is 0.369. The van der Waals surface area contributed by atoms with Gasteiger partial charge < -0.3 is 5.32 Å². The van der Waals surface area contributed by atoms with Gasteiger partial charge in [0.15, 0.2) is 0 Å². The van der Waals surface area contributed by atoms with E-state index in [1.165, 1.54) is 11.1 Å². The average molecular weight is 255 g/mol. The molecular formula is C16H21N3. The molecule has 0 amide bonds. The lowest BCUT2D eigenvalue weighted by molar-refractivity contribution is 0.498. The molecule has 2 heterocycles. The highest BCUT2D eigenvalue weighted by Crippen LogP contribution is 2.18. The van der Waals surface area contributed by atoms with Crippen LogP contribution >= 0.6 is 0 Å². The van der Waals surface area contributed by atoms with Crippen LogP contribution in [0.3, 0.4) is 0 Å². The van der Waals surface area contributed by atoms with Gasteiger partial charge in [-0.1, -0.05) is 19.1 Å². The van der Waals surface area contributed by atoms with Crippen molar-refractivity contribution in [2.75, 3.05) is 6.54 Å². The second kappa shape index (κ2) is 7.64. The van der Waals surface area contributed by atoms with Crippen LogP contribution in [0.25, 0.3) is 0 Å². The number of hydrogen-bond donors (Lipinski definition) is 1. The van der Waals surface area contributed by atoms with E-state index in [-0.39, 0.29) is 0 Å². The Balaban J connectivity index is 1.98. The van der Waals surface area contributed by atoms with Gasteiger partial charge in [-0.3, -0.25) is 9.97 Å². The summed E-state index contributed by atoms with van der Waals surface area (Å²) in [7, 11) is 0. The fourth-order valence-electron chi connectivity index (χ4n) is 2.14. The van der Waals surface area contributed by atoms with Gasteiger partial charge in [0, 0.05) is 30.8 Å². The second-order valence-corrected chi connectivity index (χ2v) is 4.69. The van der Waals surface area contributed by atoms with Crippen LogP contribution in [0, 0.1) is 0 Å². The summed E-state index contributed by atoms with van der Waals surface area (Å²) in [5.74, 6) is 0. The van der Waals surface area contributed by atoms with Crippen molar-refractivity contribution in [1.82, 2.24) is 15.3 Å². The molecule has 2 aromatic rings. The molecule has 3 nitrogen and oxygen atoms in total. The summed E-state index contributed by atoms with van der Waals surface area (Å²) in [6, 6.07) is 8.64. The number of hydrogen-bond acceptors (Lipinski definition) is 3. The molecule has 0 aromatic carbocycles. The molecule has 100 valence electrons. The molecule has 1 atom stereocenters. The van der Waals surface area contributed by atoms with Crippen molar-refractivity contribution in [3.8, 4) is 0 Å². The molecule has 0 saturated carbocycles. The van der Waals surface area contributed by atoms with E-state index in [0.29, 0.717) is 6.04 Å². The highest BCUT2D eigenvalue weighted by atomic mass is 14.9. The molecule has 1 unspecified atom stereocenters. The second-order valence-electron chi connectivity index (χ2n) is 4.69. The van der Waals surface area contributed by atoms with Crippen LogP contribution in [-0.2, 0) is 6.42 Å². The number of aryl methyl sites for hydroxylation is 1. The molecule has 0 fully saturated rings. The predicted molar refractivity (Wildman–Crippen MR) is 77.8 cm³/mol. The Morgan fingerprint density at radius 1 is 1.11 bits per heavy atom. The number of pyridine rings is 2. The molecule has 0 saturated heterocycles. The van der Waals surface area contributed by atoms with Gasteiger partial charge in [-0.2, -0.15) is 0 Å². The van der Waals surface area contributed by atoms with Crippen molar-refractivity contribution < 1.29 is 0 Å². The Morgan fingerprint density at radius 3 is 2.53 bits per heavy atom. The summed E-state index contributed by atoms with van der Waals surface area (Å²) in [6.07, 6.45) is 10.8. The molecule has 0 aliphatic rings. The molecule has 0 aliphatic carbocycles. The van der Waals surface area contributed by atoms with Gasteiger partial charge in [0.1, 0.15) is 0 Å². The first-order chi connectivity index (χ1) is 9.40. The third-order valence-electron chi connectivity index (χ3n) is 3.17. The topological polar surface area (TPSA) is 37.8 Å². The van der Waals surface area contributed by atoms with Crippen molar-refractivity contribution >= 4 is 0 Å². The van der Waals surface area contributed by atoms with Crippen molar-refractivity contribution in [2.24, 2.45) is 0 Å². The standard InChI is InChI=1S/C16H21N3/c1-2-9-19-16(15-6-4-11-18-13-15)8-7-14-5-3-10-17-12-14/h3-6,10-13,16,19H,2,7-9H2,1H3. The van der Waals surface area contributed by atoms with Crippen molar-refractivity contribution in [2.45, 2.75) is 32.2 Å². The maximum absolute atomic E-state index is 4.22. The molecule has 2 aromatic heterocycles. The summed E-state index contributed by atoms with van der Waals surface area (Å²) in [6.45, 7) is 3.22. The first kappa shape index (κ1) is 13.7. The van der Waals surface area contributed by atoms with Gasteiger partial charge in [-0.25, -0.2) is 0 Å². The lowest BCUT2D eigenvalue weighted by Crippen LogP contribution is -2.22. The first-order valence-electron chi connectivity index (χ1n) is 6.92. The van der Waals surface area contributed by atoms with Crippen LogP contribution < -0.4 is 5.32 Å². The smallest absolute Gasteiger partial charge is 0.0338 e. The molecule has 0 radical (unpaired) electrons. The van der Waals surface area contributed by atoms with E-state index in [9.17, 15) is 0 Å². The zero-order valence-electron chi connectivity index (χ0n) is 11.4. The monoisotopic (exact) mass is 255 g/mol. The summed E-state index contributed by atoms with van der Waals surface area (Å²) in [5, 5.41) is 3.60. The van der Waals surface area contributed by atoms with Gasteiger partial charge in [0.25, 0.3) is 0 Å². The minimum absolute atomic E-state index is 0.369. The lowest BCUT2D eigenvalue weighted by Gasteiger charge is -2.18. The normalized spacial score (nSPS) is 12.3. The van der Waals surface area contributed by atoms with E-state index >= 15 is 0 Å². The maximum Gasteiger partial charge on any atom is 0.0338 e. The number of aromatic nitrogens is 2. The first-order valence-corrected chi connectivity index (χ1v) is 6.92. The summed E-state index contributed by atoms with van der Waals surface area (Å²) < 4.78 is 0. The Hall–Kier alpha value is -1.74. The van der Waals surface area contributed by atoms with Crippen LogP contribution in [0.15, 0.2) is 49.1 Å². The fourth-order valence-corrected chi connectivity index (χ4v) is 2.14. The van der Waals surface area contributed by atoms with E-state index in [1.54, 1.807) is 0 Å². The van der Waals surface area contributed by atoms with E-state index in [1.807, 2.05) is 36.9 Å². The number of nitrogens with one attached hydrogen (secondary N) is 1. The Kier molecular flexibility index (Phi) is 5.50. The molecule has 0 spiro atoms. The number of nitrogens with zero attached hydrogens (tertiary/aromatic N) is 2. The van der Waals surface area contributed by atoms with Gasteiger partial charge >= 0.3 is 0 Å². The lowest BCUT2D eigenvalue weighted by atomic mass is 10.0. The minimum Gasteiger partial charge on any atom is -0.310 e. The molecule has 0 aliphatic heterocycles. The molecule has 2 rings (SSSR count). The zero-order valence-corrected chi connectivity index (χ0v) is 11.4. The Bertz CT molecular complexity index is 456. The highest BCUT2D eigenvalue weighted by Gasteiger charge is 2.10. The zero-order chi connectivity index (χ0) is 13.3. The maximum atomic E-state index is 4.22. The third-order valence-corrected chi connectivity index (χ3v) is 3.17. The molecule has 19 heavy (non-hydrogen) atoms. The number of rotatable bonds is 7. The third kappa shape index (κ3) is 4.45. The summed E-state index contributed by atoms with van der Waals surface area (Å²) >= 11 is 0. The van der Waals surface area contributed by atoms with Crippen LogP contribution in [0.1, 0.15) is 36.9 Å². The van der Waals surface area contributed by atoms with E-state index in [2.05, 4.69) is 34.3 Å². The largest absolute Gasteiger partial charge is 0.310 e. The quantitative estimate of drug-likeness (QED) is 0.826. The van der Waals surface area contributed by atoms with E-state index < -0.39 is 0 Å². The average Bonchev–Trinajstić information content (AvgIpc) is 2.49. The van der Waals surface area contributed by atoms with E-state index in [0.717, 1.165) is 25.8 Å². The van der Waals surface area contributed by atoms with Crippen LogP contribution in [0.5, 0.6) is 0 Å². The highest BCUT2D eigenvalue weighted by molar-refractivity contribution is 5.15. The Labute approximate surface area is 115 Å². The molecule has 0 bridgehead atoms. The summed E-state index contributed by atoms with van der Waals surface area (Å²) in [4.78, 5) is 8.38. The van der Waals surface area contributed by atoms with Crippen LogP contribution in [0.4, 0.5) is 0 Å². The molecule has 3 heteroatoms. The van der Waals surface area contributed by atoms with Crippen LogP contribution in [-0.4, -0.2) is 16.5 Å². The summed E-state index contributed by atoms with van der Waals surface area (Å²) in [5.41, 5.74) is 2.55. The predicted octanol–water partition coefficient (Wildman–Crippen LogP) is 3.15. The Morgan fingerprint density at radius 2 is 1.89 bits per heavy atom. The SMILES string of the molecule is CCCNC(CCc1cccnc1)c1cccnc1. The van der Waals surface area contributed by atoms with E-state index in [4.69, 9.17) is 0 Å². The van der Waals surface area contributed by atoms with Gasteiger partial charge in [-0.05, 0) is 49.1 Å². The van der Waals surface area contributed by atoms with Gasteiger partial charge in [-0.15, -0.1) is 0 Å². The molecular weight excluding hydrogens is 234 g/mol. The van der Waals surface area contributed by atoms with Crippen molar-refractivity contribution in [3.63, 3.8) is 0 Å². The fraction of sp³-hybridized carbons (Fsp3) is 0.375. The van der Waals surface area contributed by atoms with Gasteiger partial charge in [0.2, 0.25) is 0 Å². The van der Waals surface area contributed by atoms with Gasteiger partial charge in [0.05, 0.1) is 0 Å². The van der Waals surface area contributed by atoms with Crippen molar-refractivity contribution in [1.29, 1.82) is 0 Å².